The Labute approximate surface area is 137 Å². The second kappa shape index (κ2) is 7.65. The highest BCUT2D eigenvalue weighted by atomic mass is 32.2. The fourth-order valence-corrected chi connectivity index (χ4v) is 4.04. The van der Waals surface area contributed by atoms with Gasteiger partial charge in [-0.25, -0.2) is 13.2 Å². The van der Waals surface area contributed by atoms with Gasteiger partial charge in [0.15, 0.2) is 0 Å². The molecule has 0 spiro atoms. The molecule has 2 N–H and O–H groups in total. The highest BCUT2D eigenvalue weighted by molar-refractivity contribution is 7.89. The first-order valence-electron chi connectivity index (χ1n) is 7.68. The van der Waals surface area contributed by atoms with Crippen molar-refractivity contribution in [1.82, 2.24) is 14.9 Å². The maximum atomic E-state index is 12.7. The molecule has 0 aromatic heterocycles. The fourth-order valence-electron chi connectivity index (χ4n) is 2.54. The smallest absolute Gasteiger partial charge is 0.314 e. The summed E-state index contributed by atoms with van der Waals surface area (Å²) in [6, 6.07) is 6.30. The molecule has 0 atom stereocenters. The first-order valence-corrected chi connectivity index (χ1v) is 9.12. The van der Waals surface area contributed by atoms with Crippen molar-refractivity contribution in [2.45, 2.75) is 30.7 Å². The predicted molar refractivity (Wildman–Crippen MR) is 87.0 cm³/mol. The largest absolute Gasteiger partial charge is 0.494 e. The first kappa shape index (κ1) is 17.6. The van der Waals surface area contributed by atoms with Crippen molar-refractivity contribution in [1.29, 1.82) is 0 Å². The summed E-state index contributed by atoms with van der Waals surface area (Å²) in [6.45, 7) is 3.11. The van der Waals surface area contributed by atoms with Crippen LogP contribution < -0.4 is 15.4 Å². The Morgan fingerprint density at radius 2 is 2.04 bits per heavy atom. The number of benzene rings is 1. The van der Waals surface area contributed by atoms with Gasteiger partial charge in [0.2, 0.25) is 10.0 Å². The molecule has 1 heterocycles. The molecule has 23 heavy (non-hydrogen) atoms. The Kier molecular flexibility index (Phi) is 5.84. The van der Waals surface area contributed by atoms with Gasteiger partial charge < -0.3 is 15.4 Å². The standard InChI is InChI=1S/C15H23N3O4S/c1-3-22-13-5-4-6-14(11-13)23(20,21)18-9-7-12(8-10-18)17-15(19)16-2/h4-6,11-12H,3,7-10H2,1-2H3,(H2,16,17,19). The van der Waals surface area contributed by atoms with Crippen molar-refractivity contribution in [3.63, 3.8) is 0 Å². The fraction of sp³-hybridized carbons (Fsp3) is 0.533. The zero-order valence-corrected chi connectivity index (χ0v) is 14.2. The molecule has 7 nitrogen and oxygen atoms in total. The summed E-state index contributed by atoms with van der Waals surface area (Å²) in [5.74, 6) is 0.546. The third-order valence-electron chi connectivity index (χ3n) is 3.77. The lowest BCUT2D eigenvalue weighted by atomic mass is 10.1. The van der Waals surface area contributed by atoms with Crippen molar-refractivity contribution in [2.24, 2.45) is 0 Å². The summed E-state index contributed by atoms with van der Waals surface area (Å²) < 4.78 is 32.2. The van der Waals surface area contributed by atoms with Gasteiger partial charge in [-0.2, -0.15) is 4.31 Å². The second-order valence-electron chi connectivity index (χ2n) is 5.31. The van der Waals surface area contributed by atoms with Crippen molar-refractivity contribution in [3.8, 4) is 5.75 Å². The highest BCUT2D eigenvalue weighted by Gasteiger charge is 2.30. The zero-order valence-electron chi connectivity index (χ0n) is 13.4. The number of hydrogen-bond acceptors (Lipinski definition) is 4. The monoisotopic (exact) mass is 341 g/mol. The summed E-state index contributed by atoms with van der Waals surface area (Å²) in [5.41, 5.74) is 0. The number of sulfonamides is 1. The number of nitrogens with zero attached hydrogens (tertiary/aromatic N) is 1. The van der Waals surface area contributed by atoms with Gasteiger partial charge in [-0.15, -0.1) is 0 Å². The molecular formula is C15H23N3O4S. The van der Waals surface area contributed by atoms with E-state index in [4.69, 9.17) is 4.74 Å². The van der Waals surface area contributed by atoms with Crippen LogP contribution in [0.4, 0.5) is 4.79 Å². The van der Waals surface area contributed by atoms with E-state index < -0.39 is 10.0 Å². The van der Waals surface area contributed by atoms with Gasteiger partial charge in [-0.3, -0.25) is 0 Å². The maximum absolute atomic E-state index is 12.7. The molecule has 0 unspecified atom stereocenters. The lowest BCUT2D eigenvalue weighted by Crippen LogP contribution is -2.48. The molecule has 2 amide bonds. The minimum atomic E-state index is -3.54. The average Bonchev–Trinajstić information content (AvgIpc) is 2.56. The van der Waals surface area contributed by atoms with Gasteiger partial charge >= 0.3 is 6.03 Å². The van der Waals surface area contributed by atoms with Crippen LogP contribution in [0.15, 0.2) is 29.2 Å². The highest BCUT2D eigenvalue weighted by Crippen LogP contribution is 2.24. The molecule has 8 heteroatoms. The topological polar surface area (TPSA) is 87.7 Å². The maximum Gasteiger partial charge on any atom is 0.314 e. The normalized spacial score (nSPS) is 16.8. The SMILES string of the molecule is CCOc1cccc(S(=O)(=O)N2CCC(NC(=O)NC)CC2)c1. The summed E-state index contributed by atoms with van der Waals surface area (Å²) in [5, 5.41) is 5.32. The molecule has 1 aliphatic rings. The molecule has 1 aromatic carbocycles. The van der Waals surface area contributed by atoms with Crippen molar-refractivity contribution < 1.29 is 17.9 Å². The van der Waals surface area contributed by atoms with E-state index in [1.807, 2.05) is 6.92 Å². The molecule has 128 valence electrons. The van der Waals surface area contributed by atoms with Crippen LogP contribution in [0.1, 0.15) is 19.8 Å². The van der Waals surface area contributed by atoms with Gasteiger partial charge in [0, 0.05) is 32.2 Å². The lowest BCUT2D eigenvalue weighted by Gasteiger charge is -2.31. The third kappa shape index (κ3) is 4.35. The van der Waals surface area contributed by atoms with Gasteiger partial charge in [0.1, 0.15) is 5.75 Å². The number of carbonyl (C=O) groups excluding carboxylic acids is 1. The number of ether oxygens (including phenoxy) is 1. The molecule has 0 bridgehead atoms. The Bertz CT molecular complexity index is 640. The summed E-state index contributed by atoms with van der Waals surface area (Å²) >= 11 is 0. The summed E-state index contributed by atoms with van der Waals surface area (Å²) in [4.78, 5) is 11.5. The Hall–Kier alpha value is -1.80. The Morgan fingerprint density at radius 3 is 2.65 bits per heavy atom. The van der Waals surface area contributed by atoms with Crippen LogP contribution in [0.5, 0.6) is 5.75 Å². The van der Waals surface area contributed by atoms with E-state index in [2.05, 4.69) is 10.6 Å². The molecular weight excluding hydrogens is 318 g/mol. The van der Waals surface area contributed by atoms with Gasteiger partial charge in [-0.1, -0.05) is 6.07 Å². The molecule has 0 saturated carbocycles. The zero-order chi connectivity index (χ0) is 16.9. The Balaban J connectivity index is 2.04. The van der Waals surface area contributed by atoms with E-state index in [1.165, 1.54) is 4.31 Å². The minimum absolute atomic E-state index is 0.00356. The van der Waals surface area contributed by atoms with E-state index in [1.54, 1.807) is 31.3 Å². The summed E-state index contributed by atoms with van der Waals surface area (Å²) in [6.07, 6.45) is 1.19. The molecule has 0 aliphatic carbocycles. The number of urea groups is 1. The van der Waals surface area contributed by atoms with E-state index in [9.17, 15) is 13.2 Å². The third-order valence-corrected chi connectivity index (χ3v) is 5.67. The van der Waals surface area contributed by atoms with E-state index in [0.29, 0.717) is 38.3 Å². The number of piperidine rings is 1. The number of amides is 2. The first-order chi connectivity index (χ1) is 11.0. The lowest BCUT2D eigenvalue weighted by molar-refractivity contribution is 0.229. The number of hydrogen-bond donors (Lipinski definition) is 2. The molecule has 1 aliphatic heterocycles. The van der Waals surface area contributed by atoms with Gasteiger partial charge in [0.25, 0.3) is 0 Å². The number of nitrogens with one attached hydrogen (secondary N) is 2. The number of carbonyl (C=O) groups is 1. The second-order valence-corrected chi connectivity index (χ2v) is 7.25. The predicted octanol–water partition coefficient (Wildman–Crippen LogP) is 1.17. The van der Waals surface area contributed by atoms with E-state index in [0.717, 1.165) is 0 Å². The van der Waals surface area contributed by atoms with Crippen LogP contribution in [-0.4, -0.2) is 51.5 Å². The molecule has 0 radical (unpaired) electrons. The van der Waals surface area contributed by atoms with Gasteiger partial charge in [0.05, 0.1) is 11.5 Å². The van der Waals surface area contributed by atoms with Gasteiger partial charge in [-0.05, 0) is 31.9 Å². The molecule has 2 rings (SSSR count). The van der Waals surface area contributed by atoms with Crippen LogP contribution in [0, 0.1) is 0 Å². The van der Waals surface area contributed by atoms with Crippen molar-refractivity contribution in [3.05, 3.63) is 24.3 Å². The van der Waals surface area contributed by atoms with Crippen LogP contribution >= 0.6 is 0 Å². The van der Waals surface area contributed by atoms with Crippen LogP contribution in [0.2, 0.25) is 0 Å². The molecule has 1 fully saturated rings. The number of rotatable bonds is 5. The Morgan fingerprint density at radius 1 is 1.35 bits per heavy atom. The van der Waals surface area contributed by atoms with Crippen LogP contribution in [-0.2, 0) is 10.0 Å². The van der Waals surface area contributed by atoms with Crippen molar-refractivity contribution >= 4 is 16.1 Å². The van der Waals surface area contributed by atoms with E-state index in [-0.39, 0.29) is 17.0 Å². The van der Waals surface area contributed by atoms with Crippen molar-refractivity contribution in [2.75, 3.05) is 26.7 Å². The van der Waals surface area contributed by atoms with Crippen LogP contribution in [0.3, 0.4) is 0 Å². The average molecular weight is 341 g/mol. The quantitative estimate of drug-likeness (QED) is 0.841. The molecule has 1 saturated heterocycles. The summed E-state index contributed by atoms with van der Waals surface area (Å²) in [7, 11) is -1.98. The molecule has 1 aromatic rings. The van der Waals surface area contributed by atoms with E-state index >= 15 is 0 Å². The minimum Gasteiger partial charge on any atom is -0.494 e. The van der Waals surface area contributed by atoms with Crippen LogP contribution in [0.25, 0.3) is 0 Å².